The molecule has 3 aromatic rings. The Morgan fingerprint density at radius 2 is 1.85 bits per heavy atom. The fourth-order valence-electron chi connectivity index (χ4n) is 3.50. The second-order valence-electron chi connectivity index (χ2n) is 5.87. The quantitative estimate of drug-likeness (QED) is 0.554. The van der Waals surface area contributed by atoms with E-state index in [9.17, 15) is 0 Å². The van der Waals surface area contributed by atoms with E-state index in [1.54, 1.807) is 0 Å². The molecule has 2 aromatic carbocycles. The number of aromatic nitrogens is 1. The van der Waals surface area contributed by atoms with Gasteiger partial charge in [-0.25, -0.2) is 0 Å². The van der Waals surface area contributed by atoms with E-state index in [0.29, 0.717) is 5.92 Å². The molecule has 1 aromatic heterocycles. The number of aryl methyl sites for hydroxylation is 2. The Balaban J connectivity index is 2.18. The number of rotatable bonds is 0. The molecule has 0 aliphatic heterocycles. The lowest BCUT2D eigenvalue weighted by atomic mass is 9.95. The summed E-state index contributed by atoms with van der Waals surface area (Å²) in [7, 11) is 0. The molecule has 1 aliphatic rings. The number of pyridine rings is 1. The van der Waals surface area contributed by atoms with Gasteiger partial charge < -0.3 is 0 Å². The largest absolute Gasteiger partial charge is 0.256 e. The van der Waals surface area contributed by atoms with Crippen molar-refractivity contribution in [2.24, 2.45) is 0 Å². The van der Waals surface area contributed by atoms with Crippen LogP contribution in [0.4, 0.5) is 0 Å². The second kappa shape index (κ2) is 3.92. The summed E-state index contributed by atoms with van der Waals surface area (Å²) >= 11 is 0. The Kier molecular flexibility index (Phi) is 2.29. The second-order valence-corrected chi connectivity index (χ2v) is 5.87. The van der Waals surface area contributed by atoms with Gasteiger partial charge in [0.05, 0.1) is 5.52 Å². The van der Waals surface area contributed by atoms with Crippen LogP contribution in [0.15, 0.2) is 42.6 Å². The molecule has 0 saturated heterocycles. The molecule has 1 heterocycles. The molecule has 0 N–H and O–H groups in total. The van der Waals surface area contributed by atoms with Gasteiger partial charge in [0.25, 0.3) is 0 Å². The van der Waals surface area contributed by atoms with Crippen molar-refractivity contribution < 1.29 is 0 Å². The van der Waals surface area contributed by atoms with E-state index >= 15 is 0 Å². The normalized spacial score (nSPS) is 16.2. The number of benzene rings is 2. The van der Waals surface area contributed by atoms with E-state index in [1.807, 2.05) is 12.3 Å². The zero-order valence-electron chi connectivity index (χ0n) is 12.1. The maximum Gasteiger partial charge on any atom is 0.0786 e. The van der Waals surface area contributed by atoms with Crippen molar-refractivity contribution in [3.8, 4) is 11.1 Å². The molecular formula is C19H17N. The van der Waals surface area contributed by atoms with E-state index in [2.05, 4.69) is 56.1 Å². The van der Waals surface area contributed by atoms with Gasteiger partial charge in [0.15, 0.2) is 0 Å². The van der Waals surface area contributed by atoms with Crippen LogP contribution in [0.2, 0.25) is 0 Å². The highest BCUT2D eigenvalue weighted by Crippen LogP contribution is 2.48. The van der Waals surface area contributed by atoms with Gasteiger partial charge >= 0.3 is 0 Å². The molecule has 1 nitrogen and oxygen atoms in total. The first-order valence-electron chi connectivity index (χ1n) is 7.16. The highest BCUT2D eigenvalue weighted by Gasteiger charge is 2.28. The molecule has 0 radical (unpaired) electrons. The first-order valence-corrected chi connectivity index (χ1v) is 7.16. The van der Waals surface area contributed by atoms with Crippen molar-refractivity contribution in [1.29, 1.82) is 0 Å². The summed E-state index contributed by atoms with van der Waals surface area (Å²) in [6.45, 7) is 6.65. The van der Waals surface area contributed by atoms with Gasteiger partial charge in [-0.1, -0.05) is 42.8 Å². The van der Waals surface area contributed by atoms with E-state index < -0.39 is 0 Å². The smallest absolute Gasteiger partial charge is 0.0786 e. The summed E-state index contributed by atoms with van der Waals surface area (Å²) in [5.41, 5.74) is 9.37. The lowest BCUT2D eigenvalue weighted by Gasteiger charge is -2.10. The number of hydrogen-bond donors (Lipinski definition) is 0. The molecular weight excluding hydrogens is 242 g/mol. The van der Waals surface area contributed by atoms with E-state index in [0.717, 1.165) is 5.52 Å². The third kappa shape index (κ3) is 1.41. The van der Waals surface area contributed by atoms with Crippen LogP contribution in [0.25, 0.3) is 22.0 Å². The Labute approximate surface area is 119 Å². The standard InChI is InChI=1S/C19H17N/c1-11-6-7-15-16(9-11)13(3)17-10-12(2)14-5-4-8-20-19(14)18(15)17/h4-10,13H,1-3H3. The van der Waals surface area contributed by atoms with Crippen molar-refractivity contribution in [2.75, 3.05) is 0 Å². The van der Waals surface area contributed by atoms with Crippen molar-refractivity contribution >= 4 is 10.9 Å². The Hall–Kier alpha value is -2.15. The van der Waals surface area contributed by atoms with Gasteiger partial charge in [-0.15, -0.1) is 0 Å². The van der Waals surface area contributed by atoms with Crippen molar-refractivity contribution in [3.05, 3.63) is 64.8 Å². The first kappa shape index (κ1) is 11.7. The predicted octanol–water partition coefficient (Wildman–Crippen LogP) is 4.98. The average Bonchev–Trinajstić information content (AvgIpc) is 2.73. The van der Waals surface area contributed by atoms with Gasteiger partial charge in [0, 0.05) is 23.1 Å². The Morgan fingerprint density at radius 3 is 2.70 bits per heavy atom. The minimum Gasteiger partial charge on any atom is -0.256 e. The van der Waals surface area contributed by atoms with Gasteiger partial charge in [0.1, 0.15) is 0 Å². The maximum atomic E-state index is 4.67. The molecule has 0 fully saturated rings. The van der Waals surface area contributed by atoms with Crippen LogP contribution in [-0.4, -0.2) is 4.98 Å². The van der Waals surface area contributed by atoms with Gasteiger partial charge in [-0.3, -0.25) is 4.98 Å². The summed E-state index contributed by atoms with van der Waals surface area (Å²) in [5.74, 6) is 0.463. The number of fused-ring (bicyclic) bond motifs is 5. The summed E-state index contributed by atoms with van der Waals surface area (Å²) < 4.78 is 0. The summed E-state index contributed by atoms with van der Waals surface area (Å²) in [6, 6.07) is 13.3. The number of hydrogen-bond acceptors (Lipinski definition) is 1. The highest BCUT2D eigenvalue weighted by molar-refractivity contribution is 6.00. The molecule has 0 spiro atoms. The van der Waals surface area contributed by atoms with E-state index in [1.165, 1.54) is 38.8 Å². The fraction of sp³-hybridized carbons (Fsp3) is 0.211. The van der Waals surface area contributed by atoms with Crippen LogP contribution in [0.5, 0.6) is 0 Å². The topological polar surface area (TPSA) is 12.9 Å². The lowest BCUT2D eigenvalue weighted by Crippen LogP contribution is -1.92. The molecule has 98 valence electrons. The number of nitrogens with zero attached hydrogens (tertiary/aromatic N) is 1. The molecule has 1 atom stereocenters. The average molecular weight is 259 g/mol. The minimum atomic E-state index is 0.463. The predicted molar refractivity (Wildman–Crippen MR) is 84.2 cm³/mol. The van der Waals surface area contributed by atoms with Crippen LogP contribution in [0, 0.1) is 13.8 Å². The minimum absolute atomic E-state index is 0.463. The van der Waals surface area contributed by atoms with Gasteiger partial charge in [-0.05, 0) is 42.2 Å². The zero-order valence-corrected chi connectivity index (χ0v) is 12.1. The third-order valence-electron chi connectivity index (χ3n) is 4.54. The molecule has 1 aliphatic carbocycles. The fourth-order valence-corrected chi connectivity index (χ4v) is 3.50. The van der Waals surface area contributed by atoms with Crippen LogP contribution < -0.4 is 0 Å². The lowest BCUT2D eigenvalue weighted by molar-refractivity contribution is 0.953. The zero-order chi connectivity index (χ0) is 13.9. The molecule has 4 rings (SSSR count). The van der Waals surface area contributed by atoms with Crippen molar-refractivity contribution in [2.45, 2.75) is 26.7 Å². The Morgan fingerprint density at radius 1 is 1.00 bits per heavy atom. The van der Waals surface area contributed by atoms with Crippen LogP contribution >= 0.6 is 0 Å². The first-order chi connectivity index (χ1) is 9.66. The summed E-state index contributed by atoms with van der Waals surface area (Å²) in [6.07, 6.45) is 1.90. The third-order valence-corrected chi connectivity index (χ3v) is 4.54. The molecule has 0 bridgehead atoms. The van der Waals surface area contributed by atoms with E-state index in [-0.39, 0.29) is 0 Å². The van der Waals surface area contributed by atoms with Gasteiger partial charge in [0.2, 0.25) is 0 Å². The van der Waals surface area contributed by atoms with E-state index in [4.69, 9.17) is 0 Å². The van der Waals surface area contributed by atoms with Crippen LogP contribution in [-0.2, 0) is 0 Å². The van der Waals surface area contributed by atoms with Crippen LogP contribution in [0.1, 0.15) is 35.1 Å². The molecule has 20 heavy (non-hydrogen) atoms. The molecule has 0 saturated carbocycles. The summed E-state index contributed by atoms with van der Waals surface area (Å²) in [4.78, 5) is 4.67. The van der Waals surface area contributed by atoms with Crippen molar-refractivity contribution in [1.82, 2.24) is 4.98 Å². The van der Waals surface area contributed by atoms with Crippen LogP contribution in [0.3, 0.4) is 0 Å². The monoisotopic (exact) mass is 259 g/mol. The maximum absolute atomic E-state index is 4.67. The molecule has 0 amide bonds. The summed E-state index contributed by atoms with van der Waals surface area (Å²) in [5, 5.41) is 1.27. The Bertz CT molecular complexity index is 846. The van der Waals surface area contributed by atoms with Crippen molar-refractivity contribution in [3.63, 3.8) is 0 Å². The van der Waals surface area contributed by atoms with Gasteiger partial charge in [-0.2, -0.15) is 0 Å². The molecule has 1 heteroatoms. The SMILES string of the molecule is Cc1ccc2c(c1)C(C)c1cc(C)c3cccnc3c1-2. The molecule has 1 unspecified atom stereocenters. The highest BCUT2D eigenvalue weighted by atomic mass is 14.7.